The van der Waals surface area contributed by atoms with Crippen molar-refractivity contribution in [3.05, 3.63) is 60.1 Å². The number of carbonyl (C=O) groups is 2. The Morgan fingerprint density at radius 3 is 2.26 bits per heavy atom. The summed E-state index contributed by atoms with van der Waals surface area (Å²) in [6, 6.07) is 7.69. The molecule has 214 valence electrons. The predicted molar refractivity (Wildman–Crippen MR) is 118 cm³/mol. The van der Waals surface area contributed by atoms with Crippen molar-refractivity contribution >= 4 is 11.9 Å². The Hall–Kier alpha value is -4.15. The quantitative estimate of drug-likeness (QED) is 0.439. The molecule has 1 aliphatic rings. The summed E-state index contributed by atoms with van der Waals surface area (Å²) in [6.07, 6.45) is -4.59. The second-order valence-corrected chi connectivity index (χ2v) is 8.09. The summed E-state index contributed by atoms with van der Waals surface area (Å²) in [5.74, 6) is -3.67. The molecule has 0 radical (unpaired) electrons. The zero-order valence-corrected chi connectivity index (χ0v) is 20.2. The molecule has 39 heavy (non-hydrogen) atoms. The molecule has 1 unspecified atom stereocenters. The van der Waals surface area contributed by atoms with E-state index in [-0.39, 0.29) is 0 Å². The summed E-state index contributed by atoms with van der Waals surface area (Å²) in [6.45, 7) is 5.92. The fraction of sp³-hybridized carbons (Fsp3) is 0.409. The molecule has 0 saturated heterocycles. The lowest BCUT2D eigenvalue weighted by molar-refractivity contribution is -0.193. The number of hydrogen-bond donors (Lipinski definition) is 2. The number of halogens is 6. The molecule has 0 saturated carbocycles. The standard InChI is InChI=1S/C18H21N5O2.2C2HF3O2/c1-14-6-16(21-25-14)10-22-8-15(9-23-13-19-7-17(23)11-22)12-24-18-4-2-3-5-20-18;2*3-2(4,5)1(6)7/h2-7,13,15H,8-12H2,1H3;2*(H,6,7). The molecule has 11 nitrogen and oxygen atoms in total. The number of imidazole rings is 1. The van der Waals surface area contributed by atoms with Crippen LogP contribution in [0.25, 0.3) is 0 Å². The highest BCUT2D eigenvalue weighted by atomic mass is 19.4. The number of aliphatic carboxylic acids is 2. The van der Waals surface area contributed by atoms with Crippen molar-refractivity contribution in [1.29, 1.82) is 0 Å². The average molecular weight is 567 g/mol. The lowest BCUT2D eigenvalue weighted by Crippen LogP contribution is -2.30. The van der Waals surface area contributed by atoms with Crippen LogP contribution >= 0.6 is 0 Å². The number of ether oxygens (including phenoxy) is 1. The van der Waals surface area contributed by atoms with Gasteiger partial charge in [-0.2, -0.15) is 26.3 Å². The Kier molecular flexibility index (Phi) is 10.8. The first-order valence-corrected chi connectivity index (χ1v) is 10.9. The summed E-state index contributed by atoms with van der Waals surface area (Å²) < 4.78 is 76.8. The number of aromatic nitrogens is 4. The maximum absolute atomic E-state index is 10.6. The van der Waals surface area contributed by atoms with Crippen molar-refractivity contribution in [2.75, 3.05) is 13.2 Å². The summed E-state index contributed by atoms with van der Waals surface area (Å²) in [5, 5.41) is 18.4. The van der Waals surface area contributed by atoms with Crippen LogP contribution in [-0.2, 0) is 29.2 Å². The van der Waals surface area contributed by atoms with Gasteiger partial charge in [0.15, 0.2) is 0 Å². The topological polar surface area (TPSA) is 144 Å². The first-order valence-electron chi connectivity index (χ1n) is 10.9. The second kappa shape index (κ2) is 13.6. The van der Waals surface area contributed by atoms with Gasteiger partial charge in [0.1, 0.15) is 5.76 Å². The number of aryl methyl sites for hydroxylation is 1. The van der Waals surface area contributed by atoms with E-state index in [1.807, 2.05) is 43.7 Å². The molecular weight excluding hydrogens is 544 g/mol. The third-order valence-electron chi connectivity index (χ3n) is 4.81. The third kappa shape index (κ3) is 11.0. The predicted octanol–water partition coefficient (Wildman–Crippen LogP) is 3.55. The maximum atomic E-state index is 10.6. The lowest BCUT2D eigenvalue weighted by Gasteiger charge is -2.22. The number of carboxylic acid groups (broad SMARTS) is 2. The fourth-order valence-electron chi connectivity index (χ4n) is 3.22. The van der Waals surface area contributed by atoms with Gasteiger partial charge in [-0.05, 0) is 13.0 Å². The summed E-state index contributed by atoms with van der Waals surface area (Å²) >= 11 is 0. The molecule has 0 bridgehead atoms. The van der Waals surface area contributed by atoms with Crippen LogP contribution in [0.2, 0.25) is 0 Å². The number of nitrogens with zero attached hydrogens (tertiary/aromatic N) is 5. The van der Waals surface area contributed by atoms with Gasteiger partial charge < -0.3 is 24.0 Å². The van der Waals surface area contributed by atoms with Gasteiger partial charge in [0, 0.05) is 56.6 Å². The molecule has 4 rings (SSSR count). The molecule has 17 heteroatoms. The maximum Gasteiger partial charge on any atom is 0.490 e. The van der Waals surface area contributed by atoms with Gasteiger partial charge in [-0.15, -0.1) is 0 Å². The van der Waals surface area contributed by atoms with Crippen molar-refractivity contribution in [3.63, 3.8) is 0 Å². The van der Waals surface area contributed by atoms with E-state index in [0.29, 0.717) is 18.4 Å². The SMILES string of the molecule is Cc1cc(CN2Cc3cncn3CC(COc3ccccn3)C2)no1.O=C(O)C(F)(F)F.O=C(O)C(F)(F)F. The molecule has 0 spiro atoms. The Balaban J connectivity index is 0.000000317. The number of carboxylic acids is 2. The Bertz CT molecular complexity index is 1170. The van der Waals surface area contributed by atoms with Crippen molar-refractivity contribution < 1.29 is 55.4 Å². The van der Waals surface area contributed by atoms with Gasteiger partial charge in [0.25, 0.3) is 0 Å². The number of alkyl halides is 6. The molecule has 0 aromatic carbocycles. The molecule has 1 atom stereocenters. The molecule has 3 aromatic heterocycles. The third-order valence-corrected chi connectivity index (χ3v) is 4.81. The molecule has 4 heterocycles. The Labute approximate surface area is 216 Å². The van der Waals surface area contributed by atoms with Crippen LogP contribution in [0.15, 0.2) is 47.5 Å². The number of pyridine rings is 1. The van der Waals surface area contributed by atoms with Gasteiger partial charge in [-0.1, -0.05) is 11.2 Å². The highest BCUT2D eigenvalue weighted by Gasteiger charge is 2.38. The summed E-state index contributed by atoms with van der Waals surface area (Å²) in [4.78, 5) is 28.7. The van der Waals surface area contributed by atoms with Crippen LogP contribution in [-0.4, -0.2) is 72.2 Å². The first-order chi connectivity index (χ1) is 18.1. The highest BCUT2D eigenvalue weighted by Crippen LogP contribution is 2.19. The smallest absolute Gasteiger partial charge is 0.477 e. The van der Waals surface area contributed by atoms with Crippen LogP contribution in [0.4, 0.5) is 26.3 Å². The van der Waals surface area contributed by atoms with E-state index in [4.69, 9.17) is 29.1 Å². The number of fused-ring (bicyclic) bond motifs is 1. The van der Waals surface area contributed by atoms with E-state index >= 15 is 0 Å². The van der Waals surface area contributed by atoms with E-state index in [0.717, 1.165) is 37.6 Å². The van der Waals surface area contributed by atoms with Gasteiger partial charge in [0.2, 0.25) is 5.88 Å². The first kappa shape index (κ1) is 31.1. The molecule has 1 aliphatic heterocycles. The normalized spacial score (nSPS) is 15.5. The van der Waals surface area contributed by atoms with E-state index in [2.05, 4.69) is 24.6 Å². The van der Waals surface area contributed by atoms with E-state index in [1.165, 1.54) is 5.69 Å². The highest BCUT2D eigenvalue weighted by molar-refractivity contribution is 5.73. The van der Waals surface area contributed by atoms with Gasteiger partial charge >= 0.3 is 24.3 Å². The van der Waals surface area contributed by atoms with Crippen LogP contribution in [0.3, 0.4) is 0 Å². The van der Waals surface area contributed by atoms with Crippen molar-refractivity contribution in [2.45, 2.75) is 38.9 Å². The summed E-state index contributed by atoms with van der Waals surface area (Å²) in [5.41, 5.74) is 2.16. The molecule has 0 amide bonds. The monoisotopic (exact) mass is 567 g/mol. The molecule has 0 fully saturated rings. The van der Waals surface area contributed by atoms with Crippen LogP contribution in [0.5, 0.6) is 5.88 Å². The Morgan fingerprint density at radius 1 is 1.10 bits per heavy atom. The van der Waals surface area contributed by atoms with Crippen molar-refractivity contribution in [1.82, 2.24) is 24.6 Å². The largest absolute Gasteiger partial charge is 0.490 e. The zero-order chi connectivity index (χ0) is 29.2. The summed E-state index contributed by atoms with van der Waals surface area (Å²) in [7, 11) is 0. The minimum atomic E-state index is -5.08. The van der Waals surface area contributed by atoms with Crippen LogP contribution < -0.4 is 4.74 Å². The average Bonchev–Trinajstić information content (AvgIpc) is 3.41. The van der Waals surface area contributed by atoms with Crippen LogP contribution in [0.1, 0.15) is 17.1 Å². The molecule has 3 aromatic rings. The minimum absolute atomic E-state index is 0.338. The number of rotatable bonds is 5. The van der Waals surface area contributed by atoms with E-state index in [9.17, 15) is 26.3 Å². The van der Waals surface area contributed by atoms with Gasteiger partial charge in [-0.3, -0.25) is 4.90 Å². The minimum Gasteiger partial charge on any atom is -0.477 e. The van der Waals surface area contributed by atoms with Crippen molar-refractivity contribution in [2.24, 2.45) is 5.92 Å². The lowest BCUT2D eigenvalue weighted by atomic mass is 10.1. The van der Waals surface area contributed by atoms with Gasteiger partial charge in [-0.25, -0.2) is 19.6 Å². The van der Waals surface area contributed by atoms with E-state index < -0.39 is 24.3 Å². The van der Waals surface area contributed by atoms with E-state index in [1.54, 1.807) is 6.20 Å². The van der Waals surface area contributed by atoms with Gasteiger partial charge in [0.05, 0.1) is 24.3 Å². The second-order valence-electron chi connectivity index (χ2n) is 8.09. The molecule has 2 N–H and O–H groups in total. The van der Waals surface area contributed by atoms with Crippen LogP contribution in [0, 0.1) is 12.8 Å². The molecular formula is C22H23F6N5O6. The Morgan fingerprint density at radius 2 is 1.74 bits per heavy atom. The molecule has 0 aliphatic carbocycles. The number of hydrogen-bond acceptors (Lipinski definition) is 8. The zero-order valence-electron chi connectivity index (χ0n) is 20.2. The van der Waals surface area contributed by atoms with Crippen molar-refractivity contribution in [3.8, 4) is 5.88 Å². The fourth-order valence-corrected chi connectivity index (χ4v) is 3.22.